The first kappa shape index (κ1) is 19.2. The van der Waals surface area contributed by atoms with Crippen LogP contribution >= 0.6 is 0 Å². The Morgan fingerprint density at radius 2 is 1.50 bits per heavy atom. The molecule has 0 spiro atoms. The molecule has 0 bridgehead atoms. The van der Waals surface area contributed by atoms with Crippen molar-refractivity contribution < 1.29 is 9.47 Å². The largest absolute Gasteiger partial charge is 0.490 e. The molecule has 106 valence electrons. The van der Waals surface area contributed by atoms with Gasteiger partial charge in [-0.15, -0.1) is 0 Å². The average molecular weight is 254 g/mol. The Labute approximate surface area is 113 Å². The van der Waals surface area contributed by atoms with Crippen molar-refractivity contribution in [1.29, 1.82) is 0 Å². The lowest BCUT2D eigenvalue weighted by atomic mass is 10.3. The number of allylic oxidation sites excluding steroid dienone is 3. The van der Waals surface area contributed by atoms with Crippen LogP contribution in [0.25, 0.3) is 0 Å². The van der Waals surface area contributed by atoms with Gasteiger partial charge in [-0.05, 0) is 25.0 Å². The lowest BCUT2D eigenvalue weighted by Gasteiger charge is -2.07. The third-order valence-corrected chi connectivity index (χ3v) is 1.58. The normalized spacial score (nSPS) is 18.6. The molecular weight excluding hydrogens is 224 g/mol. The SMILES string of the molecule is C=C/C=C1/OCCCO/C1=C/C.CC.CC(C)C. The van der Waals surface area contributed by atoms with E-state index in [0.29, 0.717) is 0 Å². The summed E-state index contributed by atoms with van der Waals surface area (Å²) in [7, 11) is 0. The number of hydrogen-bond acceptors (Lipinski definition) is 2. The predicted molar refractivity (Wildman–Crippen MR) is 80.4 cm³/mol. The van der Waals surface area contributed by atoms with E-state index in [0.717, 1.165) is 37.1 Å². The van der Waals surface area contributed by atoms with Gasteiger partial charge in [0.05, 0.1) is 13.2 Å². The van der Waals surface area contributed by atoms with Gasteiger partial charge < -0.3 is 9.47 Å². The van der Waals surface area contributed by atoms with Crippen molar-refractivity contribution in [3.63, 3.8) is 0 Å². The Bertz CT molecular complexity index is 247. The van der Waals surface area contributed by atoms with Crippen molar-refractivity contribution in [3.8, 4) is 0 Å². The van der Waals surface area contributed by atoms with E-state index in [4.69, 9.17) is 9.47 Å². The zero-order chi connectivity index (χ0) is 14.4. The van der Waals surface area contributed by atoms with Crippen LogP contribution in [-0.2, 0) is 9.47 Å². The van der Waals surface area contributed by atoms with Crippen LogP contribution in [0.2, 0.25) is 0 Å². The second-order valence-electron chi connectivity index (χ2n) is 4.20. The van der Waals surface area contributed by atoms with Crippen LogP contribution in [0, 0.1) is 5.92 Å². The summed E-state index contributed by atoms with van der Waals surface area (Å²) in [5, 5.41) is 0. The van der Waals surface area contributed by atoms with Gasteiger partial charge in [-0.1, -0.05) is 47.3 Å². The van der Waals surface area contributed by atoms with E-state index in [1.165, 1.54) is 0 Å². The van der Waals surface area contributed by atoms with Gasteiger partial charge in [0.15, 0.2) is 11.5 Å². The van der Waals surface area contributed by atoms with Crippen molar-refractivity contribution in [2.24, 2.45) is 5.92 Å². The molecule has 2 heteroatoms. The third kappa shape index (κ3) is 11.3. The molecule has 2 nitrogen and oxygen atoms in total. The van der Waals surface area contributed by atoms with Gasteiger partial charge in [-0.3, -0.25) is 0 Å². The molecule has 0 saturated carbocycles. The Hall–Kier alpha value is -1.18. The van der Waals surface area contributed by atoms with Gasteiger partial charge in [0, 0.05) is 6.42 Å². The van der Waals surface area contributed by atoms with Crippen molar-refractivity contribution in [2.75, 3.05) is 13.2 Å². The Balaban J connectivity index is 0. The molecule has 0 aromatic heterocycles. The quantitative estimate of drug-likeness (QED) is 0.649. The highest BCUT2D eigenvalue weighted by Crippen LogP contribution is 2.17. The summed E-state index contributed by atoms with van der Waals surface area (Å²) in [5.74, 6) is 2.43. The van der Waals surface area contributed by atoms with Gasteiger partial charge in [-0.2, -0.15) is 0 Å². The van der Waals surface area contributed by atoms with Gasteiger partial charge >= 0.3 is 0 Å². The van der Waals surface area contributed by atoms with E-state index in [9.17, 15) is 0 Å². The van der Waals surface area contributed by atoms with Crippen LogP contribution in [0.1, 0.15) is 48.0 Å². The highest BCUT2D eigenvalue weighted by Gasteiger charge is 2.09. The van der Waals surface area contributed by atoms with Crippen LogP contribution in [0.5, 0.6) is 0 Å². The zero-order valence-electron chi connectivity index (χ0n) is 13.0. The van der Waals surface area contributed by atoms with E-state index in [2.05, 4.69) is 27.4 Å². The standard InChI is InChI=1S/C10H14O2.C4H10.C2H6/c1-3-6-10-9(4-2)11-7-5-8-12-10;1-4(2)3;1-2/h3-4,6H,1,5,7-8H2,2H3;4H,1-3H3;1-2H3/b9-4+,10-6+;;. The molecule has 0 aliphatic carbocycles. The molecule has 0 unspecified atom stereocenters. The fourth-order valence-electron chi connectivity index (χ4n) is 1.03. The summed E-state index contributed by atoms with van der Waals surface area (Å²) >= 11 is 0. The summed E-state index contributed by atoms with van der Waals surface area (Å²) in [5.41, 5.74) is 0. The molecule has 18 heavy (non-hydrogen) atoms. The van der Waals surface area contributed by atoms with Gasteiger partial charge in [-0.25, -0.2) is 0 Å². The molecule has 1 heterocycles. The molecule has 0 N–H and O–H groups in total. The topological polar surface area (TPSA) is 18.5 Å². The molecule has 0 aromatic carbocycles. The maximum absolute atomic E-state index is 5.44. The maximum atomic E-state index is 5.44. The first-order chi connectivity index (χ1) is 8.61. The van der Waals surface area contributed by atoms with Gasteiger partial charge in [0.25, 0.3) is 0 Å². The zero-order valence-corrected chi connectivity index (χ0v) is 13.0. The number of rotatable bonds is 1. The van der Waals surface area contributed by atoms with Crippen molar-refractivity contribution >= 4 is 0 Å². The van der Waals surface area contributed by atoms with Gasteiger partial charge in [0.2, 0.25) is 0 Å². The molecule has 1 aliphatic heterocycles. The molecule has 1 rings (SSSR count). The fourth-order valence-corrected chi connectivity index (χ4v) is 1.03. The maximum Gasteiger partial charge on any atom is 0.160 e. The molecule has 1 aliphatic rings. The second-order valence-corrected chi connectivity index (χ2v) is 4.20. The highest BCUT2D eigenvalue weighted by molar-refractivity contribution is 5.23. The smallest absolute Gasteiger partial charge is 0.160 e. The summed E-state index contributed by atoms with van der Waals surface area (Å²) in [6.07, 6.45) is 6.36. The van der Waals surface area contributed by atoms with E-state index >= 15 is 0 Å². The summed E-state index contributed by atoms with van der Waals surface area (Å²) in [6.45, 7) is 17.5. The fraction of sp³-hybridized carbons (Fsp3) is 0.625. The van der Waals surface area contributed by atoms with Crippen molar-refractivity contribution in [3.05, 3.63) is 36.3 Å². The molecule has 0 atom stereocenters. The monoisotopic (exact) mass is 254 g/mol. The lowest BCUT2D eigenvalue weighted by molar-refractivity contribution is 0.220. The Kier molecular flexibility index (Phi) is 14.8. The minimum Gasteiger partial charge on any atom is -0.490 e. The summed E-state index contributed by atoms with van der Waals surface area (Å²) in [4.78, 5) is 0. The van der Waals surface area contributed by atoms with Crippen LogP contribution in [0.4, 0.5) is 0 Å². The first-order valence-corrected chi connectivity index (χ1v) is 6.86. The summed E-state index contributed by atoms with van der Waals surface area (Å²) in [6, 6.07) is 0. The average Bonchev–Trinajstić information content (AvgIpc) is 2.56. The minimum absolute atomic E-state index is 0.719. The van der Waals surface area contributed by atoms with E-state index in [1.807, 2.05) is 32.9 Å². The first-order valence-electron chi connectivity index (χ1n) is 6.86. The third-order valence-electron chi connectivity index (χ3n) is 1.58. The minimum atomic E-state index is 0.719. The molecule has 1 fully saturated rings. The Morgan fingerprint density at radius 3 is 1.89 bits per heavy atom. The molecular formula is C16H30O2. The predicted octanol–water partition coefficient (Wildman–Crippen LogP) is 5.09. The van der Waals surface area contributed by atoms with Crippen LogP contribution < -0.4 is 0 Å². The Morgan fingerprint density at radius 1 is 1.06 bits per heavy atom. The molecule has 0 amide bonds. The van der Waals surface area contributed by atoms with Crippen LogP contribution in [-0.4, -0.2) is 13.2 Å². The van der Waals surface area contributed by atoms with Crippen molar-refractivity contribution in [2.45, 2.75) is 48.0 Å². The van der Waals surface area contributed by atoms with E-state index in [-0.39, 0.29) is 0 Å². The number of ether oxygens (including phenoxy) is 2. The summed E-state index contributed by atoms with van der Waals surface area (Å²) < 4.78 is 10.9. The van der Waals surface area contributed by atoms with Crippen LogP contribution in [0.15, 0.2) is 36.3 Å². The van der Waals surface area contributed by atoms with Gasteiger partial charge in [0.1, 0.15) is 0 Å². The van der Waals surface area contributed by atoms with E-state index < -0.39 is 0 Å². The van der Waals surface area contributed by atoms with Crippen LogP contribution in [0.3, 0.4) is 0 Å². The molecule has 0 radical (unpaired) electrons. The number of hydrogen-bond donors (Lipinski definition) is 0. The molecule has 0 aromatic rings. The van der Waals surface area contributed by atoms with E-state index in [1.54, 1.807) is 6.08 Å². The molecule has 1 saturated heterocycles. The second kappa shape index (κ2) is 13.9. The highest BCUT2D eigenvalue weighted by atomic mass is 16.5. The lowest BCUT2D eigenvalue weighted by Crippen LogP contribution is -1.94. The van der Waals surface area contributed by atoms with Crippen molar-refractivity contribution in [1.82, 2.24) is 0 Å².